The quantitative estimate of drug-likeness (QED) is 0.668. The molecular weight excluding hydrogens is 444 g/mol. The van der Waals surface area contributed by atoms with Gasteiger partial charge in [-0.3, -0.25) is 14.5 Å². The van der Waals surface area contributed by atoms with Crippen LogP contribution in [0.4, 0.5) is 0 Å². The Bertz CT molecular complexity index is 877. The Kier molecular flexibility index (Phi) is 5.03. The van der Waals surface area contributed by atoms with Gasteiger partial charge in [0.05, 0.1) is 5.41 Å². The van der Waals surface area contributed by atoms with Gasteiger partial charge in [0.25, 0.3) is 5.91 Å². The van der Waals surface area contributed by atoms with Crippen LogP contribution in [-0.4, -0.2) is 45.0 Å². The highest BCUT2D eigenvalue weighted by Crippen LogP contribution is 2.44. The molecule has 1 saturated heterocycles. The van der Waals surface area contributed by atoms with E-state index in [1.165, 1.54) is 16.7 Å². The highest BCUT2D eigenvalue weighted by atomic mass is 79.9. The first-order chi connectivity index (χ1) is 13.3. The summed E-state index contributed by atoms with van der Waals surface area (Å²) in [7, 11) is 0. The van der Waals surface area contributed by atoms with Crippen LogP contribution >= 0.6 is 27.7 Å². The first-order valence-electron chi connectivity index (χ1n) is 9.30. The molecule has 0 spiro atoms. The van der Waals surface area contributed by atoms with Crippen LogP contribution in [-0.2, 0) is 19.8 Å². The van der Waals surface area contributed by atoms with E-state index in [-0.39, 0.29) is 22.9 Å². The van der Waals surface area contributed by atoms with Crippen LogP contribution in [0, 0.1) is 0 Å². The molecule has 4 rings (SSSR count). The molecule has 1 aromatic carbocycles. The molecule has 2 fully saturated rings. The Morgan fingerprint density at radius 1 is 1.25 bits per heavy atom. The van der Waals surface area contributed by atoms with Gasteiger partial charge < -0.3 is 10.4 Å². The number of amides is 2. The Labute approximate surface area is 175 Å². The number of thioether (sulfide) groups is 1. The molecule has 2 heterocycles. The summed E-state index contributed by atoms with van der Waals surface area (Å²) in [5.41, 5.74) is 1.08. The van der Waals surface area contributed by atoms with E-state index < -0.39 is 17.4 Å². The van der Waals surface area contributed by atoms with Crippen molar-refractivity contribution in [3.8, 4) is 0 Å². The van der Waals surface area contributed by atoms with Crippen LogP contribution in [0.25, 0.3) is 0 Å². The first-order valence-corrected chi connectivity index (χ1v) is 11.1. The summed E-state index contributed by atoms with van der Waals surface area (Å²) in [4.78, 5) is 38.9. The smallest absolute Gasteiger partial charge is 0.352 e. The highest BCUT2D eigenvalue weighted by Gasteiger charge is 2.55. The summed E-state index contributed by atoms with van der Waals surface area (Å²) in [5.74, 6) is -1.02. The second kappa shape index (κ2) is 7.22. The van der Waals surface area contributed by atoms with E-state index in [2.05, 4.69) is 21.2 Å². The summed E-state index contributed by atoms with van der Waals surface area (Å²) in [5, 5.41) is 12.1. The van der Waals surface area contributed by atoms with Gasteiger partial charge in [-0.05, 0) is 43.0 Å². The molecule has 1 aliphatic carbocycles. The molecule has 2 aliphatic heterocycles. The minimum Gasteiger partial charge on any atom is -0.477 e. The Hall–Kier alpha value is -1.80. The Balaban J connectivity index is 1.56. The largest absolute Gasteiger partial charge is 0.477 e. The topological polar surface area (TPSA) is 86.7 Å². The van der Waals surface area contributed by atoms with Gasteiger partial charge in [-0.2, -0.15) is 0 Å². The molecule has 3 aliphatic rings. The zero-order valence-electron chi connectivity index (χ0n) is 15.4. The van der Waals surface area contributed by atoms with Crippen molar-refractivity contribution in [1.29, 1.82) is 0 Å². The number of carbonyl (C=O) groups excluding carboxylic acids is 2. The van der Waals surface area contributed by atoms with E-state index in [9.17, 15) is 19.5 Å². The molecule has 0 unspecified atom stereocenters. The van der Waals surface area contributed by atoms with Gasteiger partial charge in [0.15, 0.2) is 0 Å². The van der Waals surface area contributed by atoms with Gasteiger partial charge in [0, 0.05) is 10.2 Å². The molecule has 0 bridgehead atoms. The van der Waals surface area contributed by atoms with Crippen molar-refractivity contribution in [2.45, 2.75) is 49.4 Å². The molecule has 2 N–H and O–H groups in total. The normalized spacial score (nSPS) is 25.9. The molecule has 1 aromatic rings. The van der Waals surface area contributed by atoms with Crippen molar-refractivity contribution in [3.05, 3.63) is 45.6 Å². The number of nitrogens with one attached hydrogen (secondary N) is 1. The monoisotopic (exact) mass is 464 g/mol. The van der Waals surface area contributed by atoms with Gasteiger partial charge in [-0.15, -0.1) is 11.8 Å². The lowest BCUT2D eigenvalue weighted by molar-refractivity contribution is -0.151. The average Bonchev–Trinajstić information content (AvgIpc) is 3.17. The van der Waals surface area contributed by atoms with Crippen molar-refractivity contribution < 1.29 is 19.5 Å². The first kappa shape index (κ1) is 19.5. The number of rotatable bonds is 4. The SMILES string of the molecule is CC1=C(C(=O)O)N2C(=O)[C@H](NC(=O)C3(c4ccc(Br)cc4)CCCC3)[C@H]2SC1. The maximum Gasteiger partial charge on any atom is 0.352 e. The molecule has 6 nitrogen and oxygen atoms in total. The average molecular weight is 465 g/mol. The van der Waals surface area contributed by atoms with E-state index in [1.54, 1.807) is 6.92 Å². The van der Waals surface area contributed by atoms with Gasteiger partial charge >= 0.3 is 5.97 Å². The molecule has 8 heteroatoms. The lowest BCUT2D eigenvalue weighted by atomic mass is 9.77. The van der Waals surface area contributed by atoms with Crippen molar-refractivity contribution in [1.82, 2.24) is 10.2 Å². The van der Waals surface area contributed by atoms with Crippen molar-refractivity contribution in [2.24, 2.45) is 0 Å². The molecule has 0 aromatic heterocycles. The van der Waals surface area contributed by atoms with Gasteiger partial charge in [0.1, 0.15) is 17.1 Å². The third-order valence-corrected chi connectivity index (χ3v) is 7.89. The standard InChI is InChI=1S/C20H21BrN2O4S/c1-11-10-28-17-14(16(24)23(17)15(11)18(25)26)22-19(27)20(8-2-3-9-20)12-4-6-13(21)7-5-12/h4-7,14,17H,2-3,8-10H2,1H3,(H,22,27)(H,25,26)/t14-,17+/m0/s1. The lowest BCUT2D eigenvalue weighted by Gasteiger charge is -2.50. The molecule has 2 amide bonds. The zero-order valence-corrected chi connectivity index (χ0v) is 17.8. The third kappa shape index (κ3) is 2.97. The molecule has 28 heavy (non-hydrogen) atoms. The number of hydrogen-bond donors (Lipinski definition) is 2. The summed E-state index contributed by atoms with van der Waals surface area (Å²) in [6.07, 6.45) is 3.44. The fraction of sp³-hybridized carbons (Fsp3) is 0.450. The van der Waals surface area contributed by atoms with E-state index in [0.29, 0.717) is 11.3 Å². The summed E-state index contributed by atoms with van der Waals surface area (Å²) in [6, 6.07) is 7.13. The van der Waals surface area contributed by atoms with Crippen LogP contribution in [0.5, 0.6) is 0 Å². The Morgan fingerprint density at radius 3 is 2.50 bits per heavy atom. The second-order valence-electron chi connectivity index (χ2n) is 7.59. The van der Waals surface area contributed by atoms with Crippen molar-refractivity contribution in [2.75, 3.05) is 5.75 Å². The minimum absolute atomic E-state index is 0.0581. The van der Waals surface area contributed by atoms with Gasteiger partial charge in [-0.25, -0.2) is 4.79 Å². The summed E-state index contributed by atoms with van der Waals surface area (Å²) >= 11 is 4.93. The van der Waals surface area contributed by atoms with Crippen LogP contribution in [0.15, 0.2) is 40.0 Å². The molecular formula is C20H21BrN2O4S. The van der Waals surface area contributed by atoms with Gasteiger partial charge in [0.2, 0.25) is 5.91 Å². The Morgan fingerprint density at radius 2 is 1.89 bits per heavy atom. The van der Waals surface area contributed by atoms with E-state index in [1.807, 2.05) is 24.3 Å². The van der Waals surface area contributed by atoms with Crippen LogP contribution in [0.2, 0.25) is 0 Å². The van der Waals surface area contributed by atoms with E-state index in [4.69, 9.17) is 0 Å². The highest BCUT2D eigenvalue weighted by molar-refractivity contribution is 9.10. The summed E-state index contributed by atoms with van der Waals surface area (Å²) in [6.45, 7) is 1.73. The number of nitrogens with zero attached hydrogens (tertiary/aromatic N) is 1. The number of carbonyl (C=O) groups is 3. The number of β-lactam (4-membered cyclic amide) rings is 1. The predicted octanol–water partition coefficient (Wildman–Crippen LogP) is 3.02. The second-order valence-corrected chi connectivity index (χ2v) is 9.61. The van der Waals surface area contributed by atoms with Crippen LogP contribution in [0.3, 0.4) is 0 Å². The molecule has 148 valence electrons. The molecule has 2 atom stereocenters. The molecule has 0 radical (unpaired) electrons. The number of carboxylic acid groups (broad SMARTS) is 1. The van der Waals surface area contributed by atoms with Crippen molar-refractivity contribution >= 4 is 45.5 Å². The van der Waals surface area contributed by atoms with Gasteiger partial charge in [-0.1, -0.05) is 40.9 Å². The number of benzene rings is 1. The maximum absolute atomic E-state index is 13.3. The lowest BCUT2D eigenvalue weighted by Crippen LogP contribution is -2.71. The predicted molar refractivity (Wildman–Crippen MR) is 110 cm³/mol. The van der Waals surface area contributed by atoms with Crippen molar-refractivity contribution in [3.63, 3.8) is 0 Å². The summed E-state index contributed by atoms with van der Waals surface area (Å²) < 4.78 is 0.955. The zero-order chi connectivity index (χ0) is 20.1. The maximum atomic E-state index is 13.3. The number of hydrogen-bond acceptors (Lipinski definition) is 4. The minimum atomic E-state index is -1.09. The van der Waals surface area contributed by atoms with Crippen LogP contribution in [0.1, 0.15) is 38.2 Å². The fourth-order valence-corrected chi connectivity index (χ4v) is 6.01. The van der Waals surface area contributed by atoms with E-state index >= 15 is 0 Å². The fourth-order valence-electron chi connectivity index (χ4n) is 4.45. The number of carboxylic acids is 1. The number of fused-ring (bicyclic) bond motifs is 1. The number of aliphatic carboxylic acids is 1. The van der Waals surface area contributed by atoms with E-state index in [0.717, 1.165) is 35.7 Å². The third-order valence-electron chi connectivity index (χ3n) is 5.94. The molecule has 1 saturated carbocycles. The van der Waals surface area contributed by atoms with Crippen LogP contribution < -0.4 is 5.32 Å². The number of halogens is 1.